The van der Waals surface area contributed by atoms with Crippen LogP contribution in [0.5, 0.6) is 5.75 Å². The molecule has 0 saturated heterocycles. The molecule has 1 aromatic heterocycles. The van der Waals surface area contributed by atoms with Crippen LogP contribution >= 0.6 is 11.3 Å². The van der Waals surface area contributed by atoms with E-state index >= 15 is 0 Å². The Labute approximate surface area is 135 Å². The molecule has 0 saturated carbocycles. The van der Waals surface area contributed by atoms with Gasteiger partial charge in [0.15, 0.2) is 0 Å². The Balaban J connectivity index is 1.90. The highest BCUT2D eigenvalue weighted by Gasteiger charge is 2.18. The summed E-state index contributed by atoms with van der Waals surface area (Å²) >= 11 is 1.64. The zero-order valence-corrected chi connectivity index (χ0v) is 13.9. The predicted molar refractivity (Wildman–Crippen MR) is 90.2 cm³/mol. The van der Waals surface area contributed by atoms with Crippen LogP contribution in [0.2, 0.25) is 0 Å². The summed E-state index contributed by atoms with van der Waals surface area (Å²) < 4.78 is 5.37. The SMILES string of the molecule is COc1ccccc1[C@@H](C)N[C@@H](C)C(=O)NCc1cccs1. The number of amides is 1. The summed E-state index contributed by atoms with van der Waals surface area (Å²) in [5, 5.41) is 8.27. The maximum Gasteiger partial charge on any atom is 0.237 e. The first-order valence-electron chi connectivity index (χ1n) is 7.31. The molecule has 0 spiro atoms. The van der Waals surface area contributed by atoms with Crippen LogP contribution in [0.15, 0.2) is 41.8 Å². The second-order valence-electron chi connectivity index (χ2n) is 5.15. The van der Waals surface area contributed by atoms with Gasteiger partial charge in [-0.15, -0.1) is 11.3 Å². The molecule has 0 radical (unpaired) electrons. The van der Waals surface area contributed by atoms with Crippen molar-refractivity contribution in [2.75, 3.05) is 7.11 Å². The van der Waals surface area contributed by atoms with E-state index < -0.39 is 0 Å². The largest absolute Gasteiger partial charge is 0.496 e. The number of rotatable bonds is 7. The van der Waals surface area contributed by atoms with Gasteiger partial charge in [0.25, 0.3) is 0 Å². The van der Waals surface area contributed by atoms with Crippen molar-refractivity contribution in [3.05, 3.63) is 52.2 Å². The third kappa shape index (κ3) is 4.32. The van der Waals surface area contributed by atoms with E-state index in [9.17, 15) is 4.79 Å². The Morgan fingerprint density at radius 2 is 2.00 bits per heavy atom. The van der Waals surface area contributed by atoms with E-state index in [4.69, 9.17) is 4.74 Å². The highest BCUT2D eigenvalue weighted by atomic mass is 32.1. The molecule has 0 bridgehead atoms. The second-order valence-corrected chi connectivity index (χ2v) is 6.18. The molecule has 22 heavy (non-hydrogen) atoms. The number of hydrogen-bond donors (Lipinski definition) is 2. The van der Waals surface area contributed by atoms with Gasteiger partial charge in [0.2, 0.25) is 5.91 Å². The molecule has 1 amide bonds. The van der Waals surface area contributed by atoms with Crippen molar-refractivity contribution in [1.29, 1.82) is 0 Å². The van der Waals surface area contributed by atoms with Gasteiger partial charge in [-0.3, -0.25) is 10.1 Å². The summed E-state index contributed by atoms with van der Waals surface area (Å²) in [5.74, 6) is 0.823. The lowest BCUT2D eigenvalue weighted by molar-refractivity contribution is -0.123. The molecule has 0 aliphatic carbocycles. The van der Waals surface area contributed by atoms with Gasteiger partial charge in [0, 0.05) is 16.5 Å². The lowest BCUT2D eigenvalue weighted by atomic mass is 10.1. The number of carbonyl (C=O) groups excluding carboxylic acids is 1. The number of nitrogens with one attached hydrogen (secondary N) is 2. The maximum absolute atomic E-state index is 12.2. The Kier molecular flexibility index (Phi) is 5.98. The van der Waals surface area contributed by atoms with E-state index in [1.807, 2.05) is 55.6 Å². The maximum atomic E-state index is 12.2. The van der Waals surface area contributed by atoms with Crippen LogP contribution in [-0.2, 0) is 11.3 Å². The highest BCUT2D eigenvalue weighted by Crippen LogP contribution is 2.24. The number of benzene rings is 1. The molecule has 4 nitrogen and oxygen atoms in total. The fraction of sp³-hybridized carbons (Fsp3) is 0.353. The quantitative estimate of drug-likeness (QED) is 0.825. The van der Waals surface area contributed by atoms with Crippen molar-refractivity contribution in [2.45, 2.75) is 32.5 Å². The molecule has 0 fully saturated rings. The van der Waals surface area contributed by atoms with E-state index in [2.05, 4.69) is 10.6 Å². The van der Waals surface area contributed by atoms with Gasteiger partial charge in [0.1, 0.15) is 5.75 Å². The molecule has 2 aromatic rings. The predicted octanol–water partition coefficient (Wildman–Crippen LogP) is 3.11. The van der Waals surface area contributed by atoms with Gasteiger partial charge in [0.05, 0.1) is 19.7 Å². The summed E-state index contributed by atoms with van der Waals surface area (Å²) in [6.45, 7) is 4.47. The lowest BCUT2D eigenvalue weighted by Crippen LogP contribution is -2.42. The highest BCUT2D eigenvalue weighted by molar-refractivity contribution is 7.09. The number of ether oxygens (including phenoxy) is 1. The zero-order chi connectivity index (χ0) is 15.9. The molecule has 0 aliphatic heterocycles. The Hall–Kier alpha value is -1.85. The van der Waals surface area contributed by atoms with Crippen LogP contribution in [0.3, 0.4) is 0 Å². The monoisotopic (exact) mass is 318 g/mol. The van der Waals surface area contributed by atoms with Crippen molar-refractivity contribution in [1.82, 2.24) is 10.6 Å². The van der Waals surface area contributed by atoms with Crippen LogP contribution in [0, 0.1) is 0 Å². The molecule has 1 heterocycles. The van der Waals surface area contributed by atoms with Crippen LogP contribution in [0.25, 0.3) is 0 Å². The average molecular weight is 318 g/mol. The van der Waals surface area contributed by atoms with E-state index in [1.165, 1.54) is 0 Å². The Morgan fingerprint density at radius 3 is 2.68 bits per heavy atom. The van der Waals surface area contributed by atoms with Crippen molar-refractivity contribution in [2.24, 2.45) is 0 Å². The van der Waals surface area contributed by atoms with Crippen LogP contribution in [0.1, 0.15) is 30.3 Å². The molecular weight excluding hydrogens is 296 g/mol. The first kappa shape index (κ1) is 16.5. The summed E-state index contributed by atoms with van der Waals surface area (Å²) in [6, 6.07) is 11.6. The van der Waals surface area contributed by atoms with E-state index in [0.29, 0.717) is 6.54 Å². The van der Waals surface area contributed by atoms with Gasteiger partial charge in [-0.25, -0.2) is 0 Å². The Bertz CT molecular complexity index is 598. The summed E-state index contributed by atoms with van der Waals surface area (Å²) in [7, 11) is 1.66. The van der Waals surface area contributed by atoms with Crippen molar-refractivity contribution in [3.63, 3.8) is 0 Å². The van der Waals surface area contributed by atoms with Crippen molar-refractivity contribution < 1.29 is 9.53 Å². The molecule has 1 aromatic carbocycles. The van der Waals surface area contributed by atoms with Gasteiger partial charge in [-0.1, -0.05) is 24.3 Å². The Morgan fingerprint density at radius 1 is 1.23 bits per heavy atom. The van der Waals surface area contributed by atoms with Crippen molar-refractivity contribution in [3.8, 4) is 5.75 Å². The normalized spacial score (nSPS) is 13.4. The fourth-order valence-electron chi connectivity index (χ4n) is 2.31. The standard InChI is InChI=1S/C17H22N2O2S/c1-12(15-8-4-5-9-16(15)21-3)19-13(2)17(20)18-11-14-7-6-10-22-14/h4-10,12-13,19H,11H2,1-3H3,(H,18,20)/t12-,13+/m1/s1. The molecule has 2 rings (SSSR count). The number of hydrogen-bond acceptors (Lipinski definition) is 4. The van der Waals surface area contributed by atoms with E-state index in [0.717, 1.165) is 16.2 Å². The molecule has 2 atom stereocenters. The molecule has 5 heteroatoms. The smallest absolute Gasteiger partial charge is 0.237 e. The molecule has 118 valence electrons. The summed E-state index contributed by atoms with van der Waals surface area (Å²) in [5.41, 5.74) is 1.04. The van der Waals surface area contributed by atoms with Gasteiger partial charge in [-0.05, 0) is 31.4 Å². The minimum atomic E-state index is -0.278. The first-order valence-corrected chi connectivity index (χ1v) is 8.19. The molecule has 0 aliphatic rings. The summed E-state index contributed by atoms with van der Waals surface area (Å²) in [4.78, 5) is 13.3. The molecule has 2 N–H and O–H groups in total. The van der Waals surface area contributed by atoms with Gasteiger partial charge >= 0.3 is 0 Å². The number of thiophene rings is 1. The number of carbonyl (C=O) groups is 1. The first-order chi connectivity index (χ1) is 10.6. The average Bonchev–Trinajstić information content (AvgIpc) is 3.05. The third-order valence-corrected chi connectivity index (χ3v) is 4.39. The summed E-state index contributed by atoms with van der Waals surface area (Å²) in [6.07, 6.45) is 0. The van der Waals surface area contributed by atoms with Gasteiger partial charge < -0.3 is 10.1 Å². The van der Waals surface area contributed by atoms with Crippen LogP contribution in [-0.4, -0.2) is 19.1 Å². The van der Waals surface area contributed by atoms with E-state index in [1.54, 1.807) is 18.4 Å². The van der Waals surface area contributed by atoms with Gasteiger partial charge in [-0.2, -0.15) is 0 Å². The second kappa shape index (κ2) is 7.96. The van der Waals surface area contributed by atoms with Crippen molar-refractivity contribution >= 4 is 17.2 Å². The third-order valence-electron chi connectivity index (χ3n) is 3.52. The fourth-order valence-corrected chi connectivity index (χ4v) is 2.95. The molecular formula is C17H22N2O2S. The minimum Gasteiger partial charge on any atom is -0.496 e. The van der Waals surface area contributed by atoms with E-state index in [-0.39, 0.29) is 18.0 Å². The number of methoxy groups -OCH3 is 1. The molecule has 0 unspecified atom stereocenters. The number of para-hydroxylation sites is 1. The van der Waals surface area contributed by atoms with Crippen LogP contribution < -0.4 is 15.4 Å². The van der Waals surface area contributed by atoms with Crippen LogP contribution in [0.4, 0.5) is 0 Å². The lowest BCUT2D eigenvalue weighted by Gasteiger charge is -2.21. The topological polar surface area (TPSA) is 50.4 Å². The minimum absolute atomic E-state index is 0.00449. The zero-order valence-electron chi connectivity index (χ0n) is 13.1.